The molecule has 0 aliphatic rings. The van der Waals surface area contributed by atoms with Gasteiger partial charge in [0, 0.05) is 25.1 Å². The quantitative estimate of drug-likeness (QED) is 0.461. The van der Waals surface area contributed by atoms with Crippen LogP contribution in [0.3, 0.4) is 0 Å². The van der Waals surface area contributed by atoms with E-state index in [1.54, 1.807) is 25.1 Å². The second-order valence-corrected chi connectivity index (χ2v) is 6.80. The number of aryl methyl sites for hydroxylation is 1. The second kappa shape index (κ2) is 8.68. The Balaban J connectivity index is 1.55. The molecule has 3 aromatic rings. The van der Waals surface area contributed by atoms with Crippen LogP contribution in [-0.2, 0) is 17.8 Å². The number of non-ortho nitro benzene ring substituents is 1. The van der Waals surface area contributed by atoms with Crippen molar-refractivity contribution in [3.8, 4) is 0 Å². The SMILES string of the molecule is CC(Cc1ccccc1F)NC(=O)CCCn1c(=O)oc2cc([N+](=O)[O-])ccc21. The molecule has 152 valence electrons. The largest absolute Gasteiger partial charge is 0.419 e. The Bertz CT molecular complexity index is 1100. The highest BCUT2D eigenvalue weighted by Gasteiger charge is 2.15. The zero-order valence-electron chi connectivity index (χ0n) is 15.8. The Morgan fingerprint density at radius 1 is 1.31 bits per heavy atom. The van der Waals surface area contributed by atoms with Gasteiger partial charge >= 0.3 is 5.76 Å². The van der Waals surface area contributed by atoms with Crippen LogP contribution in [0.2, 0.25) is 0 Å². The first-order valence-corrected chi connectivity index (χ1v) is 9.15. The van der Waals surface area contributed by atoms with Crippen LogP contribution >= 0.6 is 0 Å². The predicted molar refractivity (Wildman–Crippen MR) is 104 cm³/mol. The molecule has 0 bridgehead atoms. The molecule has 1 atom stereocenters. The van der Waals surface area contributed by atoms with Gasteiger partial charge in [0.15, 0.2) is 5.58 Å². The number of oxazole rings is 1. The standard InChI is InChI=1S/C20H20FN3O5/c1-13(11-14-5-2-3-6-16(14)21)22-19(25)7-4-10-23-17-9-8-15(24(27)28)12-18(17)29-20(23)26/h2-3,5-6,8-9,12-13H,4,7,10-11H2,1H3,(H,22,25). The number of nitrogens with zero attached hydrogens (tertiary/aromatic N) is 2. The summed E-state index contributed by atoms with van der Waals surface area (Å²) in [6.07, 6.45) is 0.931. The lowest BCUT2D eigenvalue weighted by molar-refractivity contribution is -0.384. The molecule has 1 aromatic heterocycles. The Morgan fingerprint density at radius 2 is 2.07 bits per heavy atom. The van der Waals surface area contributed by atoms with Gasteiger partial charge in [0.05, 0.1) is 16.5 Å². The molecule has 3 rings (SSSR count). The van der Waals surface area contributed by atoms with Crippen molar-refractivity contribution in [2.45, 2.75) is 38.8 Å². The molecule has 0 spiro atoms. The third-order valence-corrected chi connectivity index (χ3v) is 4.54. The van der Waals surface area contributed by atoms with Crippen molar-refractivity contribution in [2.24, 2.45) is 0 Å². The molecule has 8 nitrogen and oxygen atoms in total. The molecular weight excluding hydrogens is 381 g/mol. The maximum Gasteiger partial charge on any atom is 0.419 e. The third-order valence-electron chi connectivity index (χ3n) is 4.54. The molecular formula is C20H20FN3O5. The van der Waals surface area contributed by atoms with Gasteiger partial charge in [-0.05, 0) is 37.5 Å². The number of fused-ring (bicyclic) bond motifs is 1. The van der Waals surface area contributed by atoms with E-state index >= 15 is 0 Å². The lowest BCUT2D eigenvalue weighted by atomic mass is 10.1. The number of hydrogen-bond acceptors (Lipinski definition) is 5. The van der Waals surface area contributed by atoms with Crippen molar-refractivity contribution in [1.82, 2.24) is 9.88 Å². The van der Waals surface area contributed by atoms with Gasteiger partial charge in [0.1, 0.15) is 5.82 Å². The van der Waals surface area contributed by atoms with Crippen molar-refractivity contribution < 1.29 is 18.5 Å². The second-order valence-electron chi connectivity index (χ2n) is 6.80. The Hall–Kier alpha value is -3.49. The first-order valence-electron chi connectivity index (χ1n) is 9.15. The number of nitrogens with one attached hydrogen (secondary N) is 1. The van der Waals surface area contributed by atoms with Gasteiger partial charge in [-0.25, -0.2) is 9.18 Å². The number of halogens is 1. The lowest BCUT2D eigenvalue weighted by Gasteiger charge is -2.14. The number of rotatable bonds is 8. The van der Waals surface area contributed by atoms with E-state index in [2.05, 4.69) is 5.32 Å². The number of nitro benzene ring substituents is 1. The first kappa shape index (κ1) is 20.2. The number of carbonyl (C=O) groups is 1. The Kier molecular flexibility index (Phi) is 6.06. The first-order chi connectivity index (χ1) is 13.8. The smallest absolute Gasteiger partial charge is 0.407 e. The summed E-state index contributed by atoms with van der Waals surface area (Å²) in [5, 5.41) is 13.6. The van der Waals surface area contributed by atoms with Crippen LogP contribution in [-0.4, -0.2) is 21.4 Å². The van der Waals surface area contributed by atoms with Crippen molar-refractivity contribution in [3.63, 3.8) is 0 Å². The van der Waals surface area contributed by atoms with E-state index in [1.165, 1.54) is 28.8 Å². The van der Waals surface area contributed by atoms with E-state index in [0.717, 1.165) is 0 Å². The van der Waals surface area contributed by atoms with Gasteiger partial charge < -0.3 is 9.73 Å². The molecule has 0 fully saturated rings. The number of nitro groups is 1. The summed E-state index contributed by atoms with van der Waals surface area (Å²) in [4.78, 5) is 34.4. The highest BCUT2D eigenvalue weighted by atomic mass is 19.1. The van der Waals surface area contributed by atoms with Gasteiger partial charge in [-0.15, -0.1) is 0 Å². The van der Waals surface area contributed by atoms with E-state index in [0.29, 0.717) is 23.9 Å². The lowest BCUT2D eigenvalue weighted by Crippen LogP contribution is -2.34. The van der Waals surface area contributed by atoms with Crippen LogP contribution in [0.15, 0.2) is 51.7 Å². The van der Waals surface area contributed by atoms with Crippen molar-refractivity contribution in [1.29, 1.82) is 0 Å². The predicted octanol–water partition coefficient (Wildman–Crippen LogP) is 3.17. The summed E-state index contributed by atoms with van der Waals surface area (Å²) in [6, 6.07) is 10.1. The van der Waals surface area contributed by atoms with E-state index in [-0.39, 0.29) is 42.0 Å². The summed E-state index contributed by atoms with van der Waals surface area (Å²) in [5.74, 6) is -1.14. The van der Waals surface area contributed by atoms with Crippen LogP contribution in [0.4, 0.5) is 10.1 Å². The monoisotopic (exact) mass is 401 g/mol. The van der Waals surface area contributed by atoms with E-state index in [4.69, 9.17) is 4.42 Å². The molecule has 0 radical (unpaired) electrons. The molecule has 1 amide bonds. The summed E-state index contributed by atoms with van der Waals surface area (Å²) < 4.78 is 20.1. The van der Waals surface area contributed by atoms with Crippen LogP contribution in [0, 0.1) is 15.9 Å². The molecule has 0 aliphatic heterocycles. The molecule has 1 heterocycles. The summed E-state index contributed by atoms with van der Waals surface area (Å²) >= 11 is 0. The molecule has 1 unspecified atom stereocenters. The number of amides is 1. The van der Waals surface area contributed by atoms with Gasteiger partial charge in [-0.1, -0.05) is 18.2 Å². The Morgan fingerprint density at radius 3 is 2.79 bits per heavy atom. The van der Waals surface area contributed by atoms with Crippen LogP contribution in [0.25, 0.3) is 11.1 Å². The molecule has 9 heteroatoms. The Labute approximate surface area is 165 Å². The number of carbonyl (C=O) groups excluding carboxylic acids is 1. The van der Waals surface area contributed by atoms with Crippen LogP contribution in [0.1, 0.15) is 25.3 Å². The average molecular weight is 401 g/mol. The zero-order valence-corrected chi connectivity index (χ0v) is 15.8. The van der Waals surface area contributed by atoms with Crippen molar-refractivity contribution in [3.05, 3.63) is 74.5 Å². The van der Waals surface area contributed by atoms with Crippen LogP contribution in [0.5, 0.6) is 0 Å². The van der Waals surface area contributed by atoms with Gasteiger partial charge in [-0.3, -0.25) is 19.5 Å². The van der Waals surface area contributed by atoms with Crippen molar-refractivity contribution in [2.75, 3.05) is 0 Å². The maximum absolute atomic E-state index is 13.7. The molecule has 1 N–H and O–H groups in total. The third kappa shape index (κ3) is 4.87. The van der Waals surface area contributed by atoms with Gasteiger partial charge in [0.25, 0.3) is 5.69 Å². The fourth-order valence-electron chi connectivity index (χ4n) is 3.17. The molecule has 0 aliphatic carbocycles. The van der Waals surface area contributed by atoms with E-state index in [1.807, 2.05) is 0 Å². The number of hydrogen-bond donors (Lipinski definition) is 1. The molecule has 2 aromatic carbocycles. The normalized spacial score (nSPS) is 12.1. The highest BCUT2D eigenvalue weighted by Crippen LogP contribution is 2.20. The van der Waals surface area contributed by atoms with E-state index in [9.17, 15) is 24.1 Å². The molecule has 0 saturated heterocycles. The fourth-order valence-corrected chi connectivity index (χ4v) is 3.17. The topological polar surface area (TPSA) is 107 Å². The highest BCUT2D eigenvalue weighted by molar-refractivity contribution is 5.77. The minimum atomic E-state index is -0.631. The average Bonchev–Trinajstić information content (AvgIpc) is 2.98. The van der Waals surface area contributed by atoms with Gasteiger partial charge in [-0.2, -0.15) is 0 Å². The van der Waals surface area contributed by atoms with E-state index < -0.39 is 10.7 Å². The summed E-state index contributed by atoms with van der Waals surface area (Å²) in [7, 11) is 0. The van der Waals surface area contributed by atoms with Crippen LogP contribution < -0.4 is 11.1 Å². The minimum Gasteiger partial charge on any atom is -0.407 e. The molecule has 29 heavy (non-hydrogen) atoms. The minimum absolute atomic E-state index is 0.132. The number of aromatic nitrogens is 1. The number of benzene rings is 2. The summed E-state index contributed by atoms with van der Waals surface area (Å²) in [5.41, 5.74) is 0.938. The van der Waals surface area contributed by atoms with Crippen molar-refractivity contribution >= 4 is 22.7 Å². The fraction of sp³-hybridized carbons (Fsp3) is 0.300. The molecule has 0 saturated carbocycles. The van der Waals surface area contributed by atoms with Gasteiger partial charge in [0.2, 0.25) is 5.91 Å². The summed E-state index contributed by atoms with van der Waals surface area (Å²) in [6.45, 7) is 2.03. The maximum atomic E-state index is 13.7. The zero-order chi connectivity index (χ0) is 21.0.